The molecule has 1 aromatic carbocycles. The number of nitrogens with zero attached hydrogens (tertiary/aromatic N) is 6. The molecule has 1 aliphatic carbocycles. The summed E-state index contributed by atoms with van der Waals surface area (Å²) in [7, 11) is 1.34. The van der Waals surface area contributed by atoms with Crippen molar-refractivity contribution >= 4 is 29.0 Å². The molecule has 1 saturated carbocycles. The molecule has 1 amide bonds. The van der Waals surface area contributed by atoms with E-state index in [0.717, 1.165) is 42.8 Å². The van der Waals surface area contributed by atoms with Crippen molar-refractivity contribution in [2.24, 2.45) is 11.3 Å². The van der Waals surface area contributed by atoms with Crippen molar-refractivity contribution in [1.29, 1.82) is 0 Å². The standard InChI is InChI=1S/C35H39N7O4/c1-22-15-25(40-14-13-33(2,19-40)24-9-6-5-7-10-24)17-42-29(22)38-31(39-42)35-16-23(18-46-35)28(35)37-32(44)34(3)20-41(21-34)27-12-8-11-26(36-27)30(43)45-4/h5-12,15,17,23,28H,13-14,16,18-21H2,1-4H3,(H,37,44)/t23?,28?,33-,35?/m0/s1. The molecule has 9 rings (SSSR count). The molecule has 5 aliphatic rings. The quantitative estimate of drug-likeness (QED) is 0.309. The minimum Gasteiger partial charge on any atom is -0.464 e. The molecule has 3 unspecified atom stereocenters. The van der Waals surface area contributed by atoms with E-state index in [-0.39, 0.29) is 29.0 Å². The number of aryl methyl sites for hydroxylation is 1. The summed E-state index contributed by atoms with van der Waals surface area (Å²) >= 11 is 0. The molecule has 11 nitrogen and oxygen atoms in total. The number of methoxy groups -OCH3 is 1. The number of benzene rings is 1. The van der Waals surface area contributed by atoms with Crippen molar-refractivity contribution in [2.75, 3.05) is 49.7 Å². The fraction of sp³-hybridized carbons (Fsp3) is 0.457. The third-order valence-corrected chi connectivity index (χ3v) is 10.8. The maximum absolute atomic E-state index is 13.7. The maximum atomic E-state index is 13.7. The van der Waals surface area contributed by atoms with Gasteiger partial charge in [-0.05, 0) is 56.0 Å². The van der Waals surface area contributed by atoms with Crippen LogP contribution in [0.4, 0.5) is 11.5 Å². The smallest absolute Gasteiger partial charge is 0.356 e. The Hall–Kier alpha value is -4.51. The number of carbonyl (C=O) groups excluding carboxylic acids is 2. The molecule has 46 heavy (non-hydrogen) atoms. The number of hydrogen-bond acceptors (Lipinski definition) is 9. The highest BCUT2D eigenvalue weighted by Crippen LogP contribution is 2.55. The van der Waals surface area contributed by atoms with Crippen LogP contribution in [-0.2, 0) is 25.3 Å². The number of nitrogens with one attached hydrogen (secondary N) is 1. The van der Waals surface area contributed by atoms with E-state index in [1.54, 1.807) is 12.1 Å². The van der Waals surface area contributed by atoms with Gasteiger partial charge in [0.1, 0.15) is 5.82 Å². The van der Waals surface area contributed by atoms with Crippen LogP contribution >= 0.6 is 0 Å². The van der Waals surface area contributed by atoms with Crippen molar-refractivity contribution in [3.8, 4) is 0 Å². The summed E-state index contributed by atoms with van der Waals surface area (Å²) < 4.78 is 13.1. The SMILES string of the molecule is COC(=O)c1cccc(N2CC(C)(C(=O)NC3C4COC3(c3nc5c(C)cc(N6CC[C@](C)(c7ccccc7)C6)cn5n3)C4)C2)n1. The highest BCUT2D eigenvalue weighted by atomic mass is 16.5. The van der Waals surface area contributed by atoms with Crippen LogP contribution in [0.15, 0.2) is 60.8 Å². The third-order valence-electron chi connectivity index (χ3n) is 10.8. The molecule has 3 aromatic heterocycles. The predicted molar refractivity (Wildman–Crippen MR) is 172 cm³/mol. The Morgan fingerprint density at radius 3 is 2.59 bits per heavy atom. The van der Waals surface area contributed by atoms with Crippen molar-refractivity contribution in [1.82, 2.24) is 24.9 Å². The second-order valence-corrected chi connectivity index (χ2v) is 14.1. The molecule has 1 N–H and O–H groups in total. The number of carbonyl (C=O) groups is 2. The van der Waals surface area contributed by atoms with Crippen molar-refractivity contribution in [2.45, 2.75) is 50.7 Å². The van der Waals surface area contributed by atoms with Crippen LogP contribution in [0.25, 0.3) is 5.65 Å². The van der Waals surface area contributed by atoms with Crippen LogP contribution in [0.2, 0.25) is 0 Å². The summed E-state index contributed by atoms with van der Waals surface area (Å²) in [6, 6.07) is 18.0. The Balaban J connectivity index is 0.981. The predicted octanol–water partition coefficient (Wildman–Crippen LogP) is 3.64. The van der Waals surface area contributed by atoms with Crippen LogP contribution < -0.4 is 15.1 Å². The zero-order chi connectivity index (χ0) is 31.8. The van der Waals surface area contributed by atoms with Gasteiger partial charge in [-0.15, -0.1) is 5.10 Å². The summed E-state index contributed by atoms with van der Waals surface area (Å²) in [6.45, 7) is 9.88. The first kappa shape index (κ1) is 28.9. The molecule has 7 heterocycles. The number of hydrogen-bond donors (Lipinski definition) is 1. The number of fused-ring (bicyclic) bond motifs is 2. The third kappa shape index (κ3) is 4.39. The van der Waals surface area contributed by atoms with E-state index in [9.17, 15) is 9.59 Å². The summed E-state index contributed by atoms with van der Waals surface area (Å²) in [4.78, 5) is 39.5. The lowest BCUT2D eigenvalue weighted by Gasteiger charge is -2.50. The molecule has 4 aliphatic heterocycles. The topological polar surface area (TPSA) is 114 Å². The van der Waals surface area contributed by atoms with Gasteiger partial charge in [-0.1, -0.05) is 43.3 Å². The number of amides is 1. The van der Waals surface area contributed by atoms with Gasteiger partial charge in [0, 0.05) is 37.5 Å². The van der Waals surface area contributed by atoms with Gasteiger partial charge in [0.2, 0.25) is 5.91 Å². The Bertz CT molecular complexity index is 1850. The van der Waals surface area contributed by atoms with Gasteiger partial charge in [0.05, 0.1) is 37.1 Å². The fourth-order valence-corrected chi connectivity index (χ4v) is 7.92. The van der Waals surface area contributed by atoms with Crippen LogP contribution in [0.3, 0.4) is 0 Å². The van der Waals surface area contributed by atoms with Crippen molar-refractivity contribution in [3.63, 3.8) is 0 Å². The first-order chi connectivity index (χ1) is 22.1. The Morgan fingerprint density at radius 1 is 1.02 bits per heavy atom. The van der Waals surface area contributed by atoms with E-state index in [4.69, 9.17) is 19.6 Å². The Morgan fingerprint density at radius 2 is 1.83 bits per heavy atom. The molecule has 238 valence electrons. The number of anilines is 2. The Labute approximate surface area is 267 Å². The van der Waals surface area contributed by atoms with Gasteiger partial charge in [0.15, 0.2) is 22.8 Å². The number of pyridine rings is 2. The largest absolute Gasteiger partial charge is 0.464 e. The first-order valence-corrected chi connectivity index (χ1v) is 16.0. The van der Waals surface area contributed by atoms with E-state index in [2.05, 4.69) is 71.6 Å². The van der Waals surface area contributed by atoms with Gasteiger partial charge in [-0.3, -0.25) is 4.79 Å². The lowest BCUT2D eigenvalue weighted by atomic mass is 9.68. The van der Waals surface area contributed by atoms with Gasteiger partial charge in [-0.25, -0.2) is 19.3 Å². The first-order valence-electron chi connectivity index (χ1n) is 16.0. The molecular weight excluding hydrogens is 582 g/mol. The number of esters is 1. The molecule has 11 heteroatoms. The Kier molecular flexibility index (Phi) is 6.45. The lowest BCUT2D eigenvalue weighted by molar-refractivity contribution is -0.137. The maximum Gasteiger partial charge on any atom is 0.356 e. The van der Waals surface area contributed by atoms with Crippen LogP contribution in [0.1, 0.15) is 54.1 Å². The zero-order valence-electron chi connectivity index (χ0n) is 26.7. The van der Waals surface area contributed by atoms with E-state index in [0.29, 0.717) is 31.3 Å². The normalized spacial score (nSPS) is 27.7. The summed E-state index contributed by atoms with van der Waals surface area (Å²) in [6.07, 6.45) is 3.96. The molecule has 0 spiro atoms. The van der Waals surface area contributed by atoms with E-state index in [1.807, 2.05) is 22.4 Å². The lowest BCUT2D eigenvalue weighted by Crippen LogP contribution is -2.67. The number of rotatable bonds is 7. The molecule has 2 bridgehead atoms. The van der Waals surface area contributed by atoms with E-state index in [1.165, 1.54) is 12.7 Å². The number of aromatic nitrogens is 4. The average molecular weight is 622 g/mol. The number of ether oxygens (including phenoxy) is 2. The second kappa shape index (κ2) is 10.2. The minimum atomic E-state index is -0.728. The molecule has 4 atom stereocenters. The highest BCUT2D eigenvalue weighted by Gasteiger charge is 2.65. The van der Waals surface area contributed by atoms with Crippen LogP contribution in [0.5, 0.6) is 0 Å². The van der Waals surface area contributed by atoms with E-state index < -0.39 is 17.0 Å². The minimum absolute atomic E-state index is 0.0184. The van der Waals surface area contributed by atoms with Gasteiger partial charge >= 0.3 is 5.97 Å². The summed E-state index contributed by atoms with van der Waals surface area (Å²) in [5, 5.41) is 8.30. The molecular formula is C35H39N7O4. The summed E-state index contributed by atoms with van der Waals surface area (Å²) in [5.41, 5.74) is 3.39. The van der Waals surface area contributed by atoms with E-state index >= 15 is 0 Å². The van der Waals surface area contributed by atoms with Crippen LogP contribution in [0, 0.1) is 18.3 Å². The van der Waals surface area contributed by atoms with Crippen molar-refractivity contribution in [3.05, 3.63) is 83.4 Å². The highest BCUT2D eigenvalue weighted by molar-refractivity contribution is 5.88. The molecule has 4 aromatic rings. The van der Waals surface area contributed by atoms with Gasteiger partial charge in [0.25, 0.3) is 0 Å². The van der Waals surface area contributed by atoms with Gasteiger partial charge < -0.3 is 24.6 Å². The van der Waals surface area contributed by atoms with Gasteiger partial charge in [-0.2, -0.15) is 0 Å². The van der Waals surface area contributed by atoms with Crippen LogP contribution in [-0.4, -0.2) is 77.4 Å². The fourth-order valence-electron chi connectivity index (χ4n) is 7.92. The van der Waals surface area contributed by atoms with Crippen molar-refractivity contribution < 1.29 is 19.1 Å². The second-order valence-electron chi connectivity index (χ2n) is 14.1. The molecule has 5 fully saturated rings. The summed E-state index contributed by atoms with van der Waals surface area (Å²) in [5.74, 6) is 1.01. The molecule has 4 saturated heterocycles. The zero-order valence-corrected chi connectivity index (χ0v) is 26.7. The molecule has 0 radical (unpaired) electrons. The average Bonchev–Trinajstić information content (AvgIpc) is 3.85. The monoisotopic (exact) mass is 621 g/mol.